The van der Waals surface area contributed by atoms with Crippen molar-refractivity contribution in [1.29, 1.82) is 0 Å². The normalized spacial score (nSPS) is 11.6. The van der Waals surface area contributed by atoms with E-state index in [0.29, 0.717) is 17.8 Å². The molecule has 2 N–H and O–H groups in total. The lowest BCUT2D eigenvalue weighted by molar-refractivity contribution is -0.123. The van der Waals surface area contributed by atoms with Crippen molar-refractivity contribution in [3.8, 4) is 0 Å². The van der Waals surface area contributed by atoms with Crippen molar-refractivity contribution in [2.45, 2.75) is 33.4 Å². The summed E-state index contributed by atoms with van der Waals surface area (Å²) >= 11 is 0. The summed E-state index contributed by atoms with van der Waals surface area (Å²) in [5.41, 5.74) is 3.59. The zero-order chi connectivity index (χ0) is 20.8. The van der Waals surface area contributed by atoms with Gasteiger partial charge in [0.1, 0.15) is 5.76 Å². The van der Waals surface area contributed by atoms with Crippen molar-refractivity contribution in [3.05, 3.63) is 83.3 Å². The monoisotopic (exact) mass is 392 g/mol. The highest BCUT2D eigenvalue weighted by Crippen LogP contribution is 2.21. The Balaban J connectivity index is 1.65. The number of esters is 1. The first-order chi connectivity index (χ1) is 14.0. The summed E-state index contributed by atoms with van der Waals surface area (Å²) in [6, 6.07) is 16.4. The van der Waals surface area contributed by atoms with Crippen LogP contribution in [0.25, 0.3) is 0 Å². The Morgan fingerprint density at radius 2 is 1.72 bits per heavy atom. The van der Waals surface area contributed by atoms with E-state index in [0.717, 1.165) is 22.6 Å². The fourth-order valence-electron chi connectivity index (χ4n) is 2.92. The molecule has 3 aromatic rings. The van der Waals surface area contributed by atoms with Gasteiger partial charge in [-0.25, -0.2) is 4.79 Å². The van der Waals surface area contributed by atoms with Crippen LogP contribution in [-0.2, 0) is 16.1 Å². The van der Waals surface area contributed by atoms with Gasteiger partial charge < -0.3 is 19.8 Å². The van der Waals surface area contributed by atoms with Crippen LogP contribution in [0.3, 0.4) is 0 Å². The lowest BCUT2D eigenvalue weighted by Crippen LogP contribution is -2.30. The number of ether oxygens (including phenoxy) is 1. The van der Waals surface area contributed by atoms with E-state index in [1.54, 1.807) is 37.5 Å². The molecule has 0 spiro atoms. The molecule has 0 fully saturated rings. The molecule has 0 unspecified atom stereocenters. The van der Waals surface area contributed by atoms with Crippen molar-refractivity contribution < 1.29 is 18.7 Å². The second-order valence-electron chi connectivity index (χ2n) is 6.78. The Morgan fingerprint density at radius 3 is 2.41 bits per heavy atom. The third kappa shape index (κ3) is 5.04. The maximum atomic E-state index is 12.7. The molecule has 0 aliphatic rings. The molecule has 0 saturated carbocycles. The maximum absolute atomic E-state index is 12.7. The molecule has 1 atom stereocenters. The Labute approximate surface area is 169 Å². The number of para-hydroxylation sites is 2. The summed E-state index contributed by atoms with van der Waals surface area (Å²) in [6.07, 6.45) is 0.646. The molecule has 0 saturated heterocycles. The van der Waals surface area contributed by atoms with Crippen LogP contribution in [0.15, 0.2) is 65.3 Å². The molecule has 150 valence electrons. The number of benzene rings is 2. The van der Waals surface area contributed by atoms with E-state index in [9.17, 15) is 9.59 Å². The summed E-state index contributed by atoms with van der Waals surface area (Å²) in [4.78, 5) is 25.2. The van der Waals surface area contributed by atoms with Crippen LogP contribution < -0.4 is 10.6 Å². The summed E-state index contributed by atoms with van der Waals surface area (Å²) in [7, 11) is 0. The zero-order valence-corrected chi connectivity index (χ0v) is 16.7. The number of anilines is 2. The molecule has 0 aliphatic heterocycles. The predicted octanol–water partition coefficient (Wildman–Crippen LogP) is 4.69. The van der Waals surface area contributed by atoms with Gasteiger partial charge in [0.05, 0.1) is 18.4 Å². The van der Waals surface area contributed by atoms with Gasteiger partial charge in [-0.3, -0.25) is 4.79 Å². The third-order valence-corrected chi connectivity index (χ3v) is 4.56. The molecule has 1 amide bonds. The van der Waals surface area contributed by atoms with Gasteiger partial charge >= 0.3 is 5.97 Å². The zero-order valence-electron chi connectivity index (χ0n) is 16.7. The van der Waals surface area contributed by atoms with Crippen molar-refractivity contribution in [2.75, 3.05) is 10.6 Å². The Bertz CT molecular complexity index is 976. The van der Waals surface area contributed by atoms with E-state index in [1.807, 2.05) is 44.2 Å². The molecule has 29 heavy (non-hydrogen) atoms. The Hall–Kier alpha value is -3.54. The summed E-state index contributed by atoms with van der Waals surface area (Å²) in [5, 5.41) is 6.01. The molecule has 6 nitrogen and oxygen atoms in total. The first-order valence-corrected chi connectivity index (χ1v) is 9.39. The van der Waals surface area contributed by atoms with E-state index in [4.69, 9.17) is 9.15 Å². The molecule has 2 aromatic carbocycles. The Kier molecular flexibility index (Phi) is 6.34. The van der Waals surface area contributed by atoms with Crippen LogP contribution in [-0.4, -0.2) is 18.0 Å². The average Bonchev–Trinajstić information content (AvgIpc) is 3.23. The second kappa shape index (κ2) is 9.10. The molecule has 6 heteroatoms. The summed E-state index contributed by atoms with van der Waals surface area (Å²) in [5.74, 6) is -0.206. The van der Waals surface area contributed by atoms with Crippen molar-refractivity contribution in [1.82, 2.24) is 0 Å². The summed E-state index contributed by atoms with van der Waals surface area (Å²) < 4.78 is 10.7. The van der Waals surface area contributed by atoms with Crippen LogP contribution in [0.4, 0.5) is 11.4 Å². The highest BCUT2D eigenvalue weighted by Gasteiger charge is 2.21. The highest BCUT2D eigenvalue weighted by molar-refractivity contribution is 6.00. The lowest BCUT2D eigenvalue weighted by atomic mass is 10.1. The first kappa shape index (κ1) is 20.2. The molecule has 0 radical (unpaired) electrons. The van der Waals surface area contributed by atoms with E-state index in [-0.39, 0.29) is 5.91 Å². The largest absolute Gasteiger partial charge is 0.467 e. The number of carbonyl (C=O) groups excluding carboxylic acids is 2. The van der Waals surface area contributed by atoms with Gasteiger partial charge in [0, 0.05) is 11.4 Å². The minimum Gasteiger partial charge on any atom is -0.467 e. The molecular weight excluding hydrogens is 368 g/mol. The van der Waals surface area contributed by atoms with Gasteiger partial charge in [-0.05, 0) is 56.2 Å². The van der Waals surface area contributed by atoms with Gasteiger partial charge in [-0.15, -0.1) is 0 Å². The van der Waals surface area contributed by atoms with Gasteiger partial charge in [-0.1, -0.05) is 30.3 Å². The average molecular weight is 392 g/mol. The van der Waals surface area contributed by atoms with E-state index in [2.05, 4.69) is 10.6 Å². The SMILES string of the molecule is Cc1cccc(C)c1NC(=O)[C@@H](C)OC(=O)c1ccccc1NCc1ccco1. The fraction of sp³-hybridized carbons (Fsp3) is 0.217. The number of aryl methyl sites for hydroxylation is 2. The Morgan fingerprint density at radius 1 is 1.00 bits per heavy atom. The quantitative estimate of drug-likeness (QED) is 0.570. The van der Waals surface area contributed by atoms with Crippen LogP contribution in [0, 0.1) is 13.8 Å². The molecule has 1 aromatic heterocycles. The minimum atomic E-state index is -0.945. The van der Waals surface area contributed by atoms with Crippen LogP contribution in [0.1, 0.15) is 34.2 Å². The van der Waals surface area contributed by atoms with Gasteiger partial charge in [-0.2, -0.15) is 0 Å². The standard InChI is InChI=1S/C23H24N2O4/c1-15-8-6-9-16(2)21(15)25-22(26)17(3)29-23(27)19-11-4-5-12-20(19)24-14-18-10-7-13-28-18/h4-13,17,24H,14H2,1-3H3,(H,25,26)/t17-/m1/s1. The van der Waals surface area contributed by atoms with E-state index >= 15 is 0 Å². The third-order valence-electron chi connectivity index (χ3n) is 4.56. The van der Waals surface area contributed by atoms with Crippen molar-refractivity contribution in [2.24, 2.45) is 0 Å². The number of hydrogen-bond donors (Lipinski definition) is 2. The minimum absolute atomic E-state index is 0.353. The van der Waals surface area contributed by atoms with Gasteiger partial charge in [0.2, 0.25) is 0 Å². The molecule has 1 heterocycles. The number of furan rings is 1. The fourth-order valence-corrected chi connectivity index (χ4v) is 2.92. The number of hydrogen-bond acceptors (Lipinski definition) is 5. The van der Waals surface area contributed by atoms with Crippen molar-refractivity contribution >= 4 is 23.3 Å². The maximum Gasteiger partial charge on any atom is 0.341 e. The number of carbonyl (C=O) groups is 2. The van der Waals surface area contributed by atoms with E-state index in [1.165, 1.54) is 0 Å². The highest BCUT2D eigenvalue weighted by atomic mass is 16.5. The molecular formula is C23H24N2O4. The second-order valence-corrected chi connectivity index (χ2v) is 6.78. The molecule has 0 bridgehead atoms. The molecule has 3 rings (SSSR count). The van der Waals surface area contributed by atoms with E-state index < -0.39 is 12.1 Å². The van der Waals surface area contributed by atoms with Crippen LogP contribution in [0.2, 0.25) is 0 Å². The predicted molar refractivity (Wildman–Crippen MR) is 112 cm³/mol. The number of amides is 1. The van der Waals surface area contributed by atoms with Crippen LogP contribution >= 0.6 is 0 Å². The number of nitrogens with one attached hydrogen (secondary N) is 2. The first-order valence-electron chi connectivity index (χ1n) is 9.39. The van der Waals surface area contributed by atoms with Gasteiger partial charge in [0.15, 0.2) is 6.10 Å². The van der Waals surface area contributed by atoms with Crippen LogP contribution in [0.5, 0.6) is 0 Å². The lowest BCUT2D eigenvalue weighted by Gasteiger charge is -2.17. The van der Waals surface area contributed by atoms with Gasteiger partial charge in [0.25, 0.3) is 5.91 Å². The summed E-state index contributed by atoms with van der Waals surface area (Å²) in [6.45, 7) is 5.82. The smallest absolute Gasteiger partial charge is 0.341 e. The molecule has 0 aliphatic carbocycles. The van der Waals surface area contributed by atoms with Crippen molar-refractivity contribution in [3.63, 3.8) is 0 Å². The number of rotatable bonds is 7. The topological polar surface area (TPSA) is 80.6 Å².